The Kier molecular flexibility index (Phi) is 58.7. The number of aliphatic hydroxyl groups excluding tert-OH is 1. The summed E-state index contributed by atoms with van der Waals surface area (Å²) in [7, 11) is -4.78. The first kappa shape index (κ1) is 76.4. The van der Waals surface area contributed by atoms with Crippen molar-refractivity contribution in [3.63, 3.8) is 0 Å². The lowest BCUT2D eigenvalue weighted by molar-refractivity contribution is -0.161. The lowest BCUT2D eigenvalue weighted by Crippen LogP contribution is -2.30. The SMILES string of the molecule is CC/C=C\C/C=C\C/C=C\C/C=C\C/C=C\C/C=C\CCC(=O)OC(COC(=O)CCCCCCCCCCCCCCCCC)COP(=O)(O)OCC(CO)OC(=O)CCCCCCCCCCC/C=C\C/C=C\CCCCC. The number of hydrogen-bond donors (Lipinski definition) is 2. The molecule has 3 atom stereocenters. The predicted molar refractivity (Wildman–Crippen MR) is 334 cm³/mol. The minimum atomic E-state index is -4.78. The van der Waals surface area contributed by atoms with Gasteiger partial charge in [0.05, 0.1) is 19.8 Å². The highest BCUT2D eigenvalue weighted by molar-refractivity contribution is 7.47. The fourth-order valence-electron chi connectivity index (χ4n) is 8.65. The number of allylic oxidation sites excluding steroid dienone is 16. The van der Waals surface area contributed by atoms with Gasteiger partial charge in [0.2, 0.25) is 0 Å². The Hall–Kier alpha value is -3.60. The van der Waals surface area contributed by atoms with E-state index >= 15 is 0 Å². The van der Waals surface area contributed by atoms with Gasteiger partial charge in [-0.1, -0.05) is 266 Å². The maximum atomic E-state index is 12.9. The molecule has 0 saturated carbocycles. The summed E-state index contributed by atoms with van der Waals surface area (Å²) < 4.78 is 39.6. The molecule has 80 heavy (non-hydrogen) atoms. The van der Waals surface area contributed by atoms with Crippen LogP contribution >= 0.6 is 7.82 Å². The Morgan fingerprint density at radius 1 is 0.362 bits per heavy atom. The number of ether oxygens (including phenoxy) is 3. The molecule has 0 bridgehead atoms. The molecule has 0 aromatic heterocycles. The molecule has 2 N–H and O–H groups in total. The van der Waals surface area contributed by atoms with Crippen LogP contribution in [0.15, 0.2) is 97.2 Å². The van der Waals surface area contributed by atoms with Gasteiger partial charge in [0.25, 0.3) is 0 Å². The summed E-state index contributed by atoms with van der Waals surface area (Å²) in [5.74, 6) is -1.56. The van der Waals surface area contributed by atoms with Crippen LogP contribution in [0, 0.1) is 0 Å². The second kappa shape index (κ2) is 61.5. The van der Waals surface area contributed by atoms with Crippen LogP contribution in [-0.2, 0) is 42.2 Å². The van der Waals surface area contributed by atoms with E-state index in [0.29, 0.717) is 25.7 Å². The number of unbranched alkanes of at least 4 members (excludes halogenated alkanes) is 26. The third-order valence-electron chi connectivity index (χ3n) is 13.5. The summed E-state index contributed by atoms with van der Waals surface area (Å²) in [6.07, 6.45) is 73.7. The molecule has 11 nitrogen and oxygen atoms in total. The summed E-state index contributed by atoms with van der Waals surface area (Å²) >= 11 is 0. The van der Waals surface area contributed by atoms with Crippen LogP contribution < -0.4 is 0 Å². The van der Waals surface area contributed by atoms with Gasteiger partial charge in [-0.3, -0.25) is 23.4 Å². The van der Waals surface area contributed by atoms with E-state index in [1.807, 2.05) is 12.2 Å². The highest BCUT2D eigenvalue weighted by Crippen LogP contribution is 2.43. The standard InChI is InChI=1S/C68H117O11P/c1-4-7-10-13-16-19-22-25-28-30-32-34-37-40-43-46-49-52-55-58-67(71)78-64(60-69)62-76-80(73,74)77-63-65(61-75-66(70)57-54-51-48-45-42-39-36-27-24-21-18-15-12-9-6-3)79-68(72)59-56-53-50-47-44-41-38-35-33-31-29-26-23-20-17-14-11-8-5-2/h8,11,16-17,19-20,25-26,28-29,33,35,41,44,50,53,64-65,69H,4-7,9-10,12-15,18,21-24,27,30-32,34,36-40,42-43,45-49,51-52,54-63H2,1-3H3,(H,73,74)/b11-8-,19-16-,20-17-,28-25-,29-26-,35-33-,44-41-,53-50-. The van der Waals surface area contributed by atoms with Crippen molar-refractivity contribution in [2.45, 2.75) is 290 Å². The number of rotatable bonds is 59. The van der Waals surface area contributed by atoms with Gasteiger partial charge < -0.3 is 24.2 Å². The van der Waals surface area contributed by atoms with Crippen LogP contribution in [0.5, 0.6) is 0 Å². The van der Waals surface area contributed by atoms with E-state index in [1.54, 1.807) is 0 Å². The van der Waals surface area contributed by atoms with Crippen molar-refractivity contribution >= 4 is 25.7 Å². The van der Waals surface area contributed by atoms with Crippen molar-refractivity contribution in [3.8, 4) is 0 Å². The van der Waals surface area contributed by atoms with Crippen LogP contribution in [0.25, 0.3) is 0 Å². The van der Waals surface area contributed by atoms with Crippen molar-refractivity contribution in [1.82, 2.24) is 0 Å². The van der Waals surface area contributed by atoms with Gasteiger partial charge in [-0.2, -0.15) is 0 Å². The zero-order valence-corrected chi connectivity index (χ0v) is 51.9. The summed E-state index contributed by atoms with van der Waals surface area (Å²) in [4.78, 5) is 48.7. The number of carbonyl (C=O) groups is 3. The molecule has 0 aliphatic carbocycles. The maximum Gasteiger partial charge on any atom is 0.472 e. The highest BCUT2D eigenvalue weighted by Gasteiger charge is 2.28. The van der Waals surface area contributed by atoms with Crippen LogP contribution in [0.1, 0.15) is 278 Å². The Labute approximate surface area is 489 Å². The maximum absolute atomic E-state index is 12.9. The van der Waals surface area contributed by atoms with Gasteiger partial charge in [0, 0.05) is 19.3 Å². The van der Waals surface area contributed by atoms with Crippen molar-refractivity contribution in [2.24, 2.45) is 0 Å². The zero-order valence-electron chi connectivity index (χ0n) is 51.0. The predicted octanol–water partition coefficient (Wildman–Crippen LogP) is 19.6. The van der Waals surface area contributed by atoms with Crippen LogP contribution in [0.3, 0.4) is 0 Å². The third-order valence-corrected chi connectivity index (χ3v) is 14.5. The summed E-state index contributed by atoms with van der Waals surface area (Å²) in [6, 6.07) is 0. The third kappa shape index (κ3) is 59.0. The van der Waals surface area contributed by atoms with Gasteiger partial charge in [-0.05, 0) is 89.9 Å². The second-order valence-corrected chi connectivity index (χ2v) is 22.7. The summed E-state index contributed by atoms with van der Waals surface area (Å²) in [5, 5.41) is 9.86. The molecule has 0 aromatic rings. The molecule has 0 saturated heterocycles. The van der Waals surface area contributed by atoms with E-state index in [0.717, 1.165) is 83.5 Å². The van der Waals surface area contributed by atoms with Crippen molar-refractivity contribution in [1.29, 1.82) is 0 Å². The first-order valence-corrected chi connectivity index (χ1v) is 33.6. The number of hydrogen-bond acceptors (Lipinski definition) is 10. The number of carbonyl (C=O) groups excluding carboxylic acids is 3. The van der Waals surface area contributed by atoms with E-state index in [9.17, 15) is 28.9 Å². The highest BCUT2D eigenvalue weighted by atomic mass is 31.2. The average Bonchev–Trinajstić information content (AvgIpc) is 3.45. The van der Waals surface area contributed by atoms with Crippen molar-refractivity contribution in [3.05, 3.63) is 97.2 Å². The Bertz CT molecular complexity index is 1710. The molecule has 0 aliphatic rings. The van der Waals surface area contributed by atoms with Gasteiger partial charge in [0.15, 0.2) is 6.10 Å². The summed E-state index contributed by atoms with van der Waals surface area (Å²) in [6.45, 7) is 4.45. The average molecular weight is 1140 g/mol. The molecule has 0 radical (unpaired) electrons. The lowest BCUT2D eigenvalue weighted by atomic mass is 10.0. The van der Waals surface area contributed by atoms with Crippen LogP contribution in [0.2, 0.25) is 0 Å². The fourth-order valence-corrected chi connectivity index (χ4v) is 9.43. The zero-order chi connectivity index (χ0) is 58.3. The quantitative estimate of drug-likeness (QED) is 0.0197. The smallest absolute Gasteiger partial charge is 0.462 e. The van der Waals surface area contributed by atoms with Crippen LogP contribution in [0.4, 0.5) is 0 Å². The molecule has 0 aliphatic heterocycles. The van der Waals surface area contributed by atoms with Gasteiger partial charge in [-0.15, -0.1) is 0 Å². The lowest BCUT2D eigenvalue weighted by Gasteiger charge is -2.21. The minimum absolute atomic E-state index is 0.0408. The molecule has 0 rings (SSSR count). The molecule has 0 amide bonds. The normalized spacial score (nSPS) is 13.9. The Balaban J connectivity index is 4.77. The number of phosphoric ester groups is 1. The van der Waals surface area contributed by atoms with Gasteiger partial charge in [0.1, 0.15) is 12.7 Å². The monoisotopic (exact) mass is 1140 g/mol. The molecule has 3 unspecified atom stereocenters. The molecule has 0 spiro atoms. The first-order chi connectivity index (χ1) is 39.2. The van der Waals surface area contributed by atoms with Gasteiger partial charge >= 0.3 is 25.7 Å². The first-order valence-electron chi connectivity index (χ1n) is 32.1. The molecule has 0 heterocycles. The fraction of sp³-hybridized carbons (Fsp3) is 0.721. The topological polar surface area (TPSA) is 155 Å². The van der Waals surface area contributed by atoms with Crippen molar-refractivity contribution in [2.75, 3.05) is 26.4 Å². The van der Waals surface area contributed by atoms with Gasteiger partial charge in [-0.25, -0.2) is 4.57 Å². The van der Waals surface area contributed by atoms with E-state index in [1.165, 1.54) is 128 Å². The molecule has 460 valence electrons. The summed E-state index contributed by atoms with van der Waals surface area (Å²) in [5.41, 5.74) is 0. The molecular weight excluding hydrogens is 1020 g/mol. The number of phosphoric acid groups is 1. The van der Waals surface area contributed by atoms with E-state index in [4.69, 9.17) is 23.3 Å². The molecular formula is C68H117O11P. The van der Waals surface area contributed by atoms with Crippen molar-refractivity contribution < 1.29 is 52.2 Å². The molecule has 0 aromatic carbocycles. The second-order valence-electron chi connectivity index (χ2n) is 21.2. The number of aliphatic hydroxyl groups is 1. The molecule has 12 heteroatoms. The number of esters is 3. The minimum Gasteiger partial charge on any atom is -0.462 e. The van der Waals surface area contributed by atoms with Crippen LogP contribution in [-0.4, -0.2) is 66.5 Å². The van der Waals surface area contributed by atoms with E-state index in [2.05, 4.69) is 106 Å². The Morgan fingerprint density at radius 3 is 1.10 bits per heavy atom. The Morgan fingerprint density at radius 2 is 0.675 bits per heavy atom. The largest absolute Gasteiger partial charge is 0.472 e. The van der Waals surface area contributed by atoms with E-state index in [-0.39, 0.29) is 25.9 Å². The molecule has 0 fully saturated rings. The van der Waals surface area contributed by atoms with E-state index < -0.39 is 57.8 Å².